The first-order valence-electron chi connectivity index (χ1n) is 5.07. The molecule has 1 rings (SSSR count). The normalized spacial score (nSPS) is 11.0. The molecule has 0 bridgehead atoms. The summed E-state index contributed by atoms with van der Waals surface area (Å²) in [6.45, 7) is 2.02. The molecule has 0 aromatic heterocycles. The van der Waals surface area contributed by atoms with Gasteiger partial charge in [0.1, 0.15) is 0 Å². The molecule has 0 unspecified atom stereocenters. The van der Waals surface area contributed by atoms with E-state index in [1.165, 1.54) is 0 Å². The van der Waals surface area contributed by atoms with Gasteiger partial charge < -0.3 is 5.11 Å². The fraction of sp³-hybridized carbons (Fsp3) is 0.167. The summed E-state index contributed by atoms with van der Waals surface area (Å²) in [5, 5.41) is 8.72. The summed E-state index contributed by atoms with van der Waals surface area (Å²) in [6, 6.07) is 8.53. The van der Waals surface area contributed by atoms with Crippen LogP contribution in [0.4, 0.5) is 0 Å². The third-order valence-electron chi connectivity index (χ3n) is 1.91. The number of aliphatic carboxylic acids is 1. The van der Waals surface area contributed by atoms with Crippen LogP contribution >= 0.6 is 0 Å². The summed E-state index contributed by atoms with van der Waals surface area (Å²) in [6.07, 6.45) is 0.851. The zero-order valence-corrected chi connectivity index (χ0v) is 9.34. The Balaban J connectivity index is 2.97. The van der Waals surface area contributed by atoms with Crippen LogP contribution < -0.4 is 5.48 Å². The number of hydrogen-bond acceptors (Lipinski definition) is 3. The number of benzene rings is 1. The van der Waals surface area contributed by atoms with Gasteiger partial charge in [-0.3, -0.25) is 9.63 Å². The van der Waals surface area contributed by atoms with Crippen molar-refractivity contribution in [3.8, 4) is 0 Å². The maximum Gasteiger partial charge on any atom is 0.329 e. The molecule has 0 spiro atoms. The number of hydrogen-bond donors (Lipinski definition) is 2. The largest absolute Gasteiger partial charge is 0.478 e. The molecule has 0 aliphatic heterocycles. The van der Waals surface area contributed by atoms with Crippen molar-refractivity contribution in [3.05, 3.63) is 42.0 Å². The summed E-state index contributed by atoms with van der Waals surface area (Å²) in [7, 11) is 0. The molecule has 5 heteroatoms. The monoisotopic (exact) mass is 235 g/mol. The molecule has 5 nitrogen and oxygen atoms in total. The van der Waals surface area contributed by atoms with Gasteiger partial charge in [-0.05, 0) is 12.5 Å². The molecule has 0 heterocycles. The molecule has 0 saturated carbocycles. The van der Waals surface area contributed by atoms with Crippen molar-refractivity contribution in [1.29, 1.82) is 0 Å². The molecule has 1 aromatic rings. The summed E-state index contributed by atoms with van der Waals surface area (Å²) in [5.74, 6) is -1.77. The summed E-state index contributed by atoms with van der Waals surface area (Å²) >= 11 is 0. The highest BCUT2D eigenvalue weighted by atomic mass is 16.6. The SMILES string of the molecule is CCONC(=O)/C(=C\C(=O)O)c1ccccc1. The molecule has 2 N–H and O–H groups in total. The van der Waals surface area contributed by atoms with E-state index < -0.39 is 11.9 Å². The third-order valence-corrected chi connectivity index (χ3v) is 1.91. The van der Waals surface area contributed by atoms with Crippen molar-refractivity contribution in [2.24, 2.45) is 0 Å². The lowest BCUT2D eigenvalue weighted by Crippen LogP contribution is -2.25. The van der Waals surface area contributed by atoms with E-state index >= 15 is 0 Å². The molecule has 17 heavy (non-hydrogen) atoms. The highest BCUT2D eigenvalue weighted by Gasteiger charge is 2.13. The number of hydroxylamine groups is 1. The Morgan fingerprint density at radius 2 is 2.00 bits per heavy atom. The molecule has 0 atom stereocenters. The van der Waals surface area contributed by atoms with E-state index in [0.29, 0.717) is 12.2 Å². The third kappa shape index (κ3) is 4.08. The number of carboxylic acid groups (broad SMARTS) is 1. The Bertz CT molecular complexity index is 425. The van der Waals surface area contributed by atoms with Gasteiger partial charge in [-0.15, -0.1) is 0 Å². The zero-order chi connectivity index (χ0) is 12.7. The quantitative estimate of drug-likeness (QED) is 0.594. The summed E-state index contributed by atoms with van der Waals surface area (Å²) in [4.78, 5) is 27.1. The predicted octanol–water partition coefficient (Wildman–Crippen LogP) is 1.22. The van der Waals surface area contributed by atoms with Crippen LogP contribution in [-0.4, -0.2) is 23.6 Å². The molecular weight excluding hydrogens is 222 g/mol. The van der Waals surface area contributed by atoms with E-state index in [4.69, 9.17) is 9.94 Å². The van der Waals surface area contributed by atoms with Crippen LogP contribution in [0.15, 0.2) is 36.4 Å². The fourth-order valence-corrected chi connectivity index (χ4v) is 1.21. The van der Waals surface area contributed by atoms with E-state index in [1.54, 1.807) is 37.3 Å². The van der Waals surface area contributed by atoms with Crippen molar-refractivity contribution in [2.45, 2.75) is 6.92 Å². The summed E-state index contributed by atoms with van der Waals surface area (Å²) in [5.41, 5.74) is 2.73. The number of carboxylic acids is 1. The molecule has 1 amide bonds. The van der Waals surface area contributed by atoms with E-state index in [-0.39, 0.29) is 5.57 Å². The molecule has 90 valence electrons. The number of carbonyl (C=O) groups excluding carboxylic acids is 1. The summed E-state index contributed by atoms with van der Waals surface area (Å²) < 4.78 is 0. The van der Waals surface area contributed by atoms with Crippen LogP contribution in [0, 0.1) is 0 Å². The Morgan fingerprint density at radius 1 is 1.35 bits per heavy atom. The number of rotatable bonds is 5. The number of nitrogens with one attached hydrogen (secondary N) is 1. The van der Waals surface area contributed by atoms with Crippen LogP contribution in [-0.2, 0) is 14.4 Å². The van der Waals surface area contributed by atoms with Gasteiger partial charge in [0, 0.05) is 6.08 Å². The second kappa shape index (κ2) is 6.44. The van der Waals surface area contributed by atoms with Crippen LogP contribution in [0.25, 0.3) is 5.57 Å². The maximum atomic E-state index is 11.7. The lowest BCUT2D eigenvalue weighted by atomic mass is 10.1. The molecule has 0 aliphatic carbocycles. The average Bonchev–Trinajstić information content (AvgIpc) is 2.34. The fourth-order valence-electron chi connectivity index (χ4n) is 1.21. The van der Waals surface area contributed by atoms with Gasteiger partial charge >= 0.3 is 5.97 Å². The molecule has 0 fully saturated rings. The smallest absolute Gasteiger partial charge is 0.329 e. The van der Waals surface area contributed by atoms with Gasteiger partial charge in [-0.2, -0.15) is 0 Å². The Hall–Kier alpha value is -2.14. The first kappa shape index (κ1) is 12.9. The van der Waals surface area contributed by atoms with Gasteiger partial charge in [0.15, 0.2) is 0 Å². The minimum absolute atomic E-state index is 0.0477. The van der Waals surface area contributed by atoms with Gasteiger partial charge in [-0.25, -0.2) is 10.3 Å². The lowest BCUT2D eigenvalue weighted by molar-refractivity contribution is -0.132. The maximum absolute atomic E-state index is 11.7. The van der Waals surface area contributed by atoms with E-state index in [0.717, 1.165) is 6.08 Å². The predicted molar refractivity (Wildman–Crippen MR) is 61.8 cm³/mol. The van der Waals surface area contributed by atoms with Gasteiger partial charge in [-0.1, -0.05) is 30.3 Å². The first-order chi connectivity index (χ1) is 8.15. The molecule has 1 aromatic carbocycles. The van der Waals surface area contributed by atoms with E-state index in [1.807, 2.05) is 0 Å². The minimum atomic E-state index is -1.18. The highest BCUT2D eigenvalue weighted by Crippen LogP contribution is 2.13. The average molecular weight is 235 g/mol. The van der Waals surface area contributed by atoms with Crippen molar-refractivity contribution in [3.63, 3.8) is 0 Å². The van der Waals surface area contributed by atoms with Gasteiger partial charge in [0.2, 0.25) is 0 Å². The van der Waals surface area contributed by atoms with Crippen molar-refractivity contribution >= 4 is 17.4 Å². The van der Waals surface area contributed by atoms with E-state index in [9.17, 15) is 9.59 Å². The van der Waals surface area contributed by atoms with Crippen LogP contribution in [0.2, 0.25) is 0 Å². The minimum Gasteiger partial charge on any atom is -0.478 e. The van der Waals surface area contributed by atoms with Crippen molar-refractivity contribution in [1.82, 2.24) is 5.48 Å². The standard InChI is InChI=1S/C12H13NO4/c1-2-17-13-12(16)10(8-11(14)15)9-6-4-3-5-7-9/h3-8H,2H2,1H3,(H,13,16)(H,14,15)/b10-8-. The molecule has 0 aliphatic rings. The zero-order valence-electron chi connectivity index (χ0n) is 9.34. The van der Waals surface area contributed by atoms with Gasteiger partial charge in [0.05, 0.1) is 12.2 Å². The van der Waals surface area contributed by atoms with Crippen molar-refractivity contribution in [2.75, 3.05) is 6.61 Å². The molecule has 0 radical (unpaired) electrons. The Labute approximate surface area is 98.7 Å². The molecular formula is C12H13NO4. The molecule has 0 saturated heterocycles. The number of amides is 1. The highest BCUT2D eigenvalue weighted by molar-refractivity contribution is 6.22. The second-order valence-electron chi connectivity index (χ2n) is 3.13. The lowest BCUT2D eigenvalue weighted by Gasteiger charge is -2.07. The van der Waals surface area contributed by atoms with E-state index in [2.05, 4.69) is 5.48 Å². The van der Waals surface area contributed by atoms with Crippen LogP contribution in [0.5, 0.6) is 0 Å². The first-order valence-corrected chi connectivity index (χ1v) is 5.07. The van der Waals surface area contributed by atoms with Crippen LogP contribution in [0.3, 0.4) is 0 Å². The van der Waals surface area contributed by atoms with Gasteiger partial charge in [0.25, 0.3) is 5.91 Å². The van der Waals surface area contributed by atoms with Crippen LogP contribution in [0.1, 0.15) is 12.5 Å². The van der Waals surface area contributed by atoms with Crippen molar-refractivity contribution < 1.29 is 19.5 Å². The second-order valence-corrected chi connectivity index (χ2v) is 3.13. The Morgan fingerprint density at radius 3 is 2.53 bits per heavy atom. The number of carbonyl (C=O) groups is 2. The topological polar surface area (TPSA) is 75.6 Å². The Kier molecular flexibility index (Phi) is 4.90.